The van der Waals surface area contributed by atoms with Crippen LogP contribution < -0.4 is 5.32 Å². The molecule has 0 aromatic carbocycles. The van der Waals surface area contributed by atoms with Gasteiger partial charge in [-0.25, -0.2) is 0 Å². The fourth-order valence-electron chi connectivity index (χ4n) is 1.17. The molecule has 0 heterocycles. The largest absolute Gasteiger partial charge is 0.481 e. The van der Waals surface area contributed by atoms with Crippen molar-refractivity contribution in [1.82, 2.24) is 5.32 Å². The van der Waals surface area contributed by atoms with Crippen molar-refractivity contribution in [3.05, 3.63) is 0 Å². The molecule has 0 aromatic rings. The molecular weight excluding hydrogens is 198 g/mol. The van der Waals surface area contributed by atoms with Gasteiger partial charge >= 0.3 is 5.97 Å². The standard InChI is InChI=1S/C10H19NO4/c1-3-4-5-11-10(14)8(7-15-2)6-9(12)13/h8H,3-7H2,1-2H3,(H,11,14)(H,12,13). The van der Waals surface area contributed by atoms with Gasteiger partial charge in [0.1, 0.15) is 0 Å². The number of nitrogens with one attached hydrogen (secondary N) is 1. The number of rotatable bonds is 8. The monoisotopic (exact) mass is 217 g/mol. The van der Waals surface area contributed by atoms with Gasteiger partial charge in [0.15, 0.2) is 0 Å². The van der Waals surface area contributed by atoms with Crippen molar-refractivity contribution in [3.63, 3.8) is 0 Å². The Hall–Kier alpha value is -1.10. The van der Waals surface area contributed by atoms with Gasteiger partial charge in [0.25, 0.3) is 0 Å². The van der Waals surface area contributed by atoms with Gasteiger partial charge in [-0.05, 0) is 6.42 Å². The average Bonchev–Trinajstić information content (AvgIpc) is 2.17. The zero-order chi connectivity index (χ0) is 11.7. The highest BCUT2D eigenvalue weighted by Gasteiger charge is 2.20. The molecule has 1 unspecified atom stereocenters. The summed E-state index contributed by atoms with van der Waals surface area (Å²) >= 11 is 0. The smallest absolute Gasteiger partial charge is 0.304 e. The number of unbranched alkanes of at least 4 members (excludes halogenated alkanes) is 1. The third kappa shape index (κ3) is 6.90. The summed E-state index contributed by atoms with van der Waals surface area (Å²) in [4.78, 5) is 22.0. The summed E-state index contributed by atoms with van der Waals surface area (Å²) in [6, 6.07) is 0. The van der Waals surface area contributed by atoms with E-state index in [0.29, 0.717) is 6.54 Å². The Labute approximate surface area is 89.8 Å². The number of carbonyl (C=O) groups excluding carboxylic acids is 1. The number of aliphatic carboxylic acids is 1. The number of carbonyl (C=O) groups is 2. The van der Waals surface area contributed by atoms with Crippen molar-refractivity contribution < 1.29 is 19.4 Å². The summed E-state index contributed by atoms with van der Waals surface area (Å²) in [5.41, 5.74) is 0. The van der Waals surface area contributed by atoms with Crippen LogP contribution in [0.15, 0.2) is 0 Å². The minimum Gasteiger partial charge on any atom is -0.481 e. The van der Waals surface area contributed by atoms with Crippen molar-refractivity contribution in [2.24, 2.45) is 5.92 Å². The first-order chi connectivity index (χ1) is 7.11. The van der Waals surface area contributed by atoms with Crippen molar-refractivity contribution in [1.29, 1.82) is 0 Å². The van der Waals surface area contributed by atoms with Gasteiger partial charge in [0, 0.05) is 13.7 Å². The molecule has 0 bridgehead atoms. The number of carboxylic acid groups (broad SMARTS) is 1. The van der Waals surface area contributed by atoms with Crippen LogP contribution >= 0.6 is 0 Å². The van der Waals surface area contributed by atoms with Crippen LogP contribution in [0.25, 0.3) is 0 Å². The number of hydrogen-bond donors (Lipinski definition) is 2. The van der Waals surface area contributed by atoms with E-state index in [0.717, 1.165) is 12.8 Å². The Morgan fingerprint density at radius 1 is 1.47 bits per heavy atom. The Kier molecular flexibility index (Phi) is 7.62. The van der Waals surface area contributed by atoms with Crippen LogP contribution in [0.4, 0.5) is 0 Å². The molecule has 0 aliphatic carbocycles. The van der Waals surface area contributed by atoms with Gasteiger partial charge in [0.05, 0.1) is 18.9 Å². The Morgan fingerprint density at radius 3 is 2.60 bits per heavy atom. The molecule has 0 radical (unpaired) electrons. The Morgan fingerprint density at radius 2 is 2.13 bits per heavy atom. The maximum Gasteiger partial charge on any atom is 0.304 e. The van der Waals surface area contributed by atoms with Crippen molar-refractivity contribution in [2.75, 3.05) is 20.3 Å². The maximum absolute atomic E-state index is 11.5. The minimum atomic E-state index is -0.984. The summed E-state index contributed by atoms with van der Waals surface area (Å²) in [6.45, 7) is 2.76. The molecule has 0 spiro atoms. The molecule has 88 valence electrons. The molecule has 0 fully saturated rings. The van der Waals surface area contributed by atoms with Crippen LogP contribution in [0.1, 0.15) is 26.2 Å². The molecule has 0 aliphatic rings. The molecule has 5 nitrogen and oxygen atoms in total. The lowest BCUT2D eigenvalue weighted by Crippen LogP contribution is -2.35. The fraction of sp³-hybridized carbons (Fsp3) is 0.800. The summed E-state index contributed by atoms with van der Waals surface area (Å²) in [5.74, 6) is -1.82. The minimum absolute atomic E-state index is 0.143. The van der Waals surface area contributed by atoms with E-state index in [2.05, 4.69) is 5.32 Å². The quantitative estimate of drug-likeness (QED) is 0.585. The van der Waals surface area contributed by atoms with Gasteiger partial charge in [0.2, 0.25) is 5.91 Å². The average molecular weight is 217 g/mol. The molecule has 15 heavy (non-hydrogen) atoms. The lowest BCUT2D eigenvalue weighted by molar-refractivity contribution is -0.142. The highest BCUT2D eigenvalue weighted by atomic mass is 16.5. The van der Waals surface area contributed by atoms with E-state index >= 15 is 0 Å². The molecule has 2 N–H and O–H groups in total. The second-order valence-corrected chi connectivity index (χ2v) is 3.39. The van der Waals surface area contributed by atoms with E-state index in [9.17, 15) is 9.59 Å². The number of carboxylic acids is 1. The number of amides is 1. The molecule has 5 heteroatoms. The number of methoxy groups -OCH3 is 1. The molecule has 0 saturated carbocycles. The maximum atomic E-state index is 11.5. The van der Waals surface area contributed by atoms with Crippen LogP contribution in [0, 0.1) is 5.92 Å². The highest BCUT2D eigenvalue weighted by molar-refractivity contribution is 5.83. The second-order valence-electron chi connectivity index (χ2n) is 3.39. The molecule has 0 saturated heterocycles. The van der Waals surface area contributed by atoms with Gasteiger partial charge in [-0.3, -0.25) is 9.59 Å². The lowest BCUT2D eigenvalue weighted by Gasteiger charge is -2.13. The summed E-state index contributed by atoms with van der Waals surface area (Å²) in [7, 11) is 1.45. The molecule has 1 atom stereocenters. The summed E-state index contributed by atoms with van der Waals surface area (Å²) in [5, 5.41) is 11.3. The van der Waals surface area contributed by atoms with Crippen molar-refractivity contribution in [3.8, 4) is 0 Å². The second kappa shape index (κ2) is 8.23. The third-order valence-corrected chi connectivity index (χ3v) is 1.99. The molecule has 1 amide bonds. The van der Waals surface area contributed by atoms with Crippen LogP contribution in [0.2, 0.25) is 0 Å². The zero-order valence-electron chi connectivity index (χ0n) is 9.28. The van der Waals surface area contributed by atoms with Crippen molar-refractivity contribution >= 4 is 11.9 Å². The SMILES string of the molecule is CCCCNC(=O)C(COC)CC(=O)O. The number of ether oxygens (including phenoxy) is 1. The molecular formula is C10H19NO4. The van der Waals surface area contributed by atoms with Crippen LogP contribution in [0.5, 0.6) is 0 Å². The van der Waals surface area contributed by atoms with E-state index in [-0.39, 0.29) is 18.9 Å². The first kappa shape index (κ1) is 13.9. The normalized spacial score (nSPS) is 12.1. The first-order valence-electron chi connectivity index (χ1n) is 5.10. The van der Waals surface area contributed by atoms with Crippen LogP contribution in [0.3, 0.4) is 0 Å². The van der Waals surface area contributed by atoms with Gasteiger partial charge in [-0.1, -0.05) is 13.3 Å². The van der Waals surface area contributed by atoms with E-state index in [4.69, 9.17) is 9.84 Å². The van der Waals surface area contributed by atoms with E-state index in [1.807, 2.05) is 6.92 Å². The summed E-state index contributed by atoms with van der Waals surface area (Å²) in [6.07, 6.45) is 1.71. The van der Waals surface area contributed by atoms with E-state index in [1.54, 1.807) is 0 Å². The van der Waals surface area contributed by atoms with E-state index < -0.39 is 11.9 Å². The van der Waals surface area contributed by atoms with Crippen molar-refractivity contribution in [2.45, 2.75) is 26.2 Å². The van der Waals surface area contributed by atoms with Crippen LogP contribution in [-0.2, 0) is 14.3 Å². The topological polar surface area (TPSA) is 75.6 Å². The fourth-order valence-corrected chi connectivity index (χ4v) is 1.17. The summed E-state index contributed by atoms with van der Waals surface area (Å²) < 4.78 is 4.81. The number of hydrogen-bond acceptors (Lipinski definition) is 3. The molecule has 0 aliphatic heterocycles. The highest BCUT2D eigenvalue weighted by Crippen LogP contribution is 2.04. The predicted octanol–water partition coefficient (Wildman–Crippen LogP) is 0.640. The third-order valence-electron chi connectivity index (χ3n) is 1.99. The molecule has 0 rings (SSSR count). The molecule has 0 aromatic heterocycles. The van der Waals surface area contributed by atoms with Crippen LogP contribution in [-0.4, -0.2) is 37.2 Å². The van der Waals surface area contributed by atoms with Gasteiger partial charge < -0.3 is 15.2 Å². The lowest BCUT2D eigenvalue weighted by atomic mass is 10.1. The zero-order valence-corrected chi connectivity index (χ0v) is 9.28. The van der Waals surface area contributed by atoms with Gasteiger partial charge in [-0.2, -0.15) is 0 Å². The Bertz CT molecular complexity index is 206. The first-order valence-corrected chi connectivity index (χ1v) is 5.10. The predicted molar refractivity (Wildman–Crippen MR) is 55.5 cm³/mol. The van der Waals surface area contributed by atoms with Gasteiger partial charge in [-0.15, -0.1) is 0 Å². The van der Waals surface area contributed by atoms with E-state index in [1.165, 1.54) is 7.11 Å². The Balaban J connectivity index is 3.98.